The normalized spacial score (nSPS) is 14.1. The number of benzene rings is 2. The number of hydrogen-bond acceptors (Lipinski definition) is 1. The Hall–Kier alpha value is -1.81. The van der Waals surface area contributed by atoms with E-state index in [-0.39, 0.29) is 23.4 Å². The van der Waals surface area contributed by atoms with Gasteiger partial charge in [-0.3, -0.25) is 0 Å². The van der Waals surface area contributed by atoms with Crippen molar-refractivity contribution in [1.82, 2.24) is 0 Å². The van der Waals surface area contributed by atoms with E-state index >= 15 is 0 Å². The molecule has 0 aliphatic heterocycles. The summed E-state index contributed by atoms with van der Waals surface area (Å²) >= 11 is 0. The van der Waals surface area contributed by atoms with Gasteiger partial charge in [-0.05, 0) is 43.5 Å². The number of halogens is 3. The van der Waals surface area contributed by atoms with Crippen LogP contribution >= 0.6 is 0 Å². The smallest absolute Gasteiger partial charge is 0.164 e. The number of aryl methyl sites for hydroxylation is 1. The van der Waals surface area contributed by atoms with Crippen molar-refractivity contribution in [2.24, 2.45) is 5.73 Å². The van der Waals surface area contributed by atoms with E-state index in [1.54, 1.807) is 19.1 Å². The maximum atomic E-state index is 14.0. The SMILES string of the molecule is Cc1ccc(C(C)(N)Cc2ccc(F)cc2)c(F)c1F. The van der Waals surface area contributed by atoms with Crippen molar-refractivity contribution in [3.8, 4) is 0 Å². The van der Waals surface area contributed by atoms with Gasteiger partial charge in [0.05, 0.1) is 0 Å². The molecule has 0 saturated heterocycles. The molecule has 20 heavy (non-hydrogen) atoms. The van der Waals surface area contributed by atoms with Gasteiger partial charge in [-0.25, -0.2) is 13.2 Å². The predicted octanol–water partition coefficient (Wildman–Crippen LogP) is 3.83. The minimum atomic E-state index is -1.07. The van der Waals surface area contributed by atoms with E-state index in [4.69, 9.17) is 5.73 Å². The van der Waals surface area contributed by atoms with Crippen LogP contribution < -0.4 is 5.73 Å². The zero-order valence-electron chi connectivity index (χ0n) is 11.4. The average molecular weight is 279 g/mol. The highest BCUT2D eigenvalue weighted by Gasteiger charge is 2.27. The number of hydrogen-bond donors (Lipinski definition) is 1. The van der Waals surface area contributed by atoms with Crippen LogP contribution in [0.2, 0.25) is 0 Å². The summed E-state index contributed by atoms with van der Waals surface area (Å²) in [5.41, 5.74) is 6.17. The van der Waals surface area contributed by atoms with Gasteiger partial charge in [0.1, 0.15) is 5.82 Å². The highest BCUT2D eigenvalue weighted by molar-refractivity contribution is 5.32. The van der Waals surface area contributed by atoms with Gasteiger partial charge in [-0.1, -0.05) is 24.3 Å². The summed E-state index contributed by atoms with van der Waals surface area (Å²) in [7, 11) is 0. The van der Waals surface area contributed by atoms with Gasteiger partial charge in [0.15, 0.2) is 11.6 Å². The maximum Gasteiger partial charge on any atom is 0.164 e. The molecule has 0 heterocycles. The van der Waals surface area contributed by atoms with Crippen molar-refractivity contribution in [3.05, 3.63) is 70.5 Å². The third kappa shape index (κ3) is 2.85. The van der Waals surface area contributed by atoms with Crippen molar-refractivity contribution in [2.45, 2.75) is 25.8 Å². The number of rotatable bonds is 3. The molecule has 2 rings (SSSR count). The van der Waals surface area contributed by atoms with Crippen molar-refractivity contribution < 1.29 is 13.2 Å². The Morgan fingerprint density at radius 3 is 2.15 bits per heavy atom. The van der Waals surface area contributed by atoms with E-state index in [9.17, 15) is 13.2 Å². The molecule has 0 radical (unpaired) electrons. The fraction of sp³-hybridized carbons (Fsp3) is 0.250. The fourth-order valence-electron chi connectivity index (χ4n) is 2.21. The van der Waals surface area contributed by atoms with E-state index in [0.29, 0.717) is 0 Å². The largest absolute Gasteiger partial charge is 0.321 e. The lowest BCUT2D eigenvalue weighted by molar-refractivity contribution is 0.427. The summed E-state index contributed by atoms with van der Waals surface area (Å²) in [6.45, 7) is 3.12. The Labute approximate surface area is 116 Å². The molecule has 0 spiro atoms. The second kappa shape index (κ2) is 5.29. The first-order valence-corrected chi connectivity index (χ1v) is 6.29. The van der Waals surface area contributed by atoms with Crippen molar-refractivity contribution in [3.63, 3.8) is 0 Å². The summed E-state index contributed by atoms with van der Waals surface area (Å²) in [5.74, 6) is -2.14. The Morgan fingerprint density at radius 1 is 0.950 bits per heavy atom. The molecular weight excluding hydrogens is 263 g/mol. The summed E-state index contributed by atoms with van der Waals surface area (Å²) in [5, 5.41) is 0. The van der Waals surface area contributed by atoms with Crippen LogP contribution in [0.5, 0.6) is 0 Å². The molecule has 0 aromatic heterocycles. The lowest BCUT2D eigenvalue weighted by Crippen LogP contribution is -2.36. The summed E-state index contributed by atoms with van der Waals surface area (Å²) < 4.78 is 40.5. The molecule has 0 aliphatic rings. The minimum Gasteiger partial charge on any atom is -0.321 e. The first-order valence-electron chi connectivity index (χ1n) is 6.29. The van der Waals surface area contributed by atoms with Gasteiger partial charge in [0.2, 0.25) is 0 Å². The molecular formula is C16H16F3N. The summed E-state index contributed by atoms with van der Waals surface area (Å²) in [6, 6.07) is 8.81. The van der Waals surface area contributed by atoms with Crippen LogP contribution in [-0.4, -0.2) is 0 Å². The quantitative estimate of drug-likeness (QED) is 0.908. The van der Waals surface area contributed by atoms with Crippen LogP contribution in [0.15, 0.2) is 36.4 Å². The molecule has 1 nitrogen and oxygen atoms in total. The van der Waals surface area contributed by atoms with Crippen LogP contribution in [0.25, 0.3) is 0 Å². The molecule has 0 amide bonds. The van der Waals surface area contributed by atoms with Gasteiger partial charge >= 0.3 is 0 Å². The van der Waals surface area contributed by atoms with Gasteiger partial charge in [-0.15, -0.1) is 0 Å². The van der Waals surface area contributed by atoms with Crippen LogP contribution in [-0.2, 0) is 12.0 Å². The molecule has 0 aliphatic carbocycles. The third-order valence-corrected chi connectivity index (χ3v) is 3.38. The van der Waals surface area contributed by atoms with E-state index in [2.05, 4.69) is 0 Å². The molecule has 2 aromatic carbocycles. The molecule has 0 saturated carbocycles. The first-order chi connectivity index (χ1) is 9.31. The molecule has 0 bridgehead atoms. The van der Waals surface area contributed by atoms with Gasteiger partial charge in [-0.2, -0.15) is 0 Å². The predicted molar refractivity (Wildman–Crippen MR) is 72.7 cm³/mol. The monoisotopic (exact) mass is 279 g/mol. The highest BCUT2D eigenvalue weighted by atomic mass is 19.2. The zero-order chi connectivity index (χ0) is 14.9. The first kappa shape index (κ1) is 14.6. The average Bonchev–Trinajstić information content (AvgIpc) is 2.38. The van der Waals surface area contributed by atoms with Crippen molar-refractivity contribution >= 4 is 0 Å². The molecule has 1 unspecified atom stereocenters. The Balaban J connectivity index is 2.35. The Kier molecular flexibility index (Phi) is 3.86. The molecule has 0 fully saturated rings. The van der Waals surface area contributed by atoms with Crippen LogP contribution in [0.1, 0.15) is 23.6 Å². The molecule has 2 N–H and O–H groups in total. The van der Waals surface area contributed by atoms with Crippen LogP contribution in [0.4, 0.5) is 13.2 Å². The van der Waals surface area contributed by atoms with E-state index in [1.165, 1.54) is 31.2 Å². The lowest BCUT2D eigenvalue weighted by Gasteiger charge is -2.26. The van der Waals surface area contributed by atoms with Gasteiger partial charge < -0.3 is 5.73 Å². The van der Waals surface area contributed by atoms with Gasteiger partial charge in [0.25, 0.3) is 0 Å². The fourth-order valence-corrected chi connectivity index (χ4v) is 2.21. The van der Waals surface area contributed by atoms with E-state index in [1.807, 2.05) is 0 Å². The summed E-state index contributed by atoms with van der Waals surface area (Å²) in [6.07, 6.45) is 0.284. The van der Waals surface area contributed by atoms with Crippen LogP contribution in [0, 0.1) is 24.4 Å². The summed E-state index contributed by atoms with van der Waals surface area (Å²) in [4.78, 5) is 0. The van der Waals surface area contributed by atoms with Crippen LogP contribution in [0.3, 0.4) is 0 Å². The molecule has 106 valence electrons. The topological polar surface area (TPSA) is 26.0 Å². The molecule has 2 aromatic rings. The third-order valence-electron chi connectivity index (χ3n) is 3.38. The minimum absolute atomic E-state index is 0.116. The second-order valence-corrected chi connectivity index (χ2v) is 5.28. The zero-order valence-corrected chi connectivity index (χ0v) is 11.4. The maximum absolute atomic E-state index is 14.0. The standard InChI is InChI=1S/C16H16F3N/c1-10-3-8-13(15(19)14(10)18)16(2,20)9-11-4-6-12(17)7-5-11/h3-8H,9,20H2,1-2H3. The highest BCUT2D eigenvalue weighted by Crippen LogP contribution is 2.27. The van der Waals surface area contributed by atoms with Crippen molar-refractivity contribution in [2.75, 3.05) is 0 Å². The van der Waals surface area contributed by atoms with E-state index < -0.39 is 17.2 Å². The van der Waals surface area contributed by atoms with E-state index in [0.717, 1.165) is 5.56 Å². The Morgan fingerprint density at radius 2 is 1.55 bits per heavy atom. The van der Waals surface area contributed by atoms with Crippen molar-refractivity contribution in [1.29, 1.82) is 0 Å². The Bertz CT molecular complexity index is 618. The number of nitrogens with two attached hydrogens (primary N) is 1. The second-order valence-electron chi connectivity index (χ2n) is 5.28. The van der Waals surface area contributed by atoms with Gasteiger partial charge in [0, 0.05) is 11.1 Å². The molecule has 1 atom stereocenters. The molecule has 4 heteroatoms. The lowest BCUT2D eigenvalue weighted by atomic mass is 9.85.